The van der Waals surface area contributed by atoms with Gasteiger partial charge in [0.2, 0.25) is 0 Å². The van der Waals surface area contributed by atoms with E-state index in [0.29, 0.717) is 11.2 Å². The van der Waals surface area contributed by atoms with E-state index in [1.54, 1.807) is 36.4 Å². The zero-order valence-corrected chi connectivity index (χ0v) is 15.5. The van der Waals surface area contributed by atoms with Gasteiger partial charge in [0, 0.05) is 11.3 Å². The fraction of sp³-hybridized carbons (Fsp3) is 0.0909. The number of aromatic nitrogens is 2. The van der Waals surface area contributed by atoms with Crippen LogP contribution in [0.1, 0.15) is 22.8 Å². The van der Waals surface area contributed by atoms with Crippen LogP contribution in [0.3, 0.4) is 0 Å². The smallest absolute Gasteiger partial charge is 0.338 e. The molecule has 4 nitrogen and oxygen atoms in total. The Morgan fingerprint density at radius 3 is 2.62 bits per heavy atom. The number of aromatic amines is 1. The summed E-state index contributed by atoms with van der Waals surface area (Å²) in [6.07, 6.45) is 2.20. The molecular weight excluding hydrogens is 379 g/mol. The maximum Gasteiger partial charge on any atom is 0.417 e. The van der Waals surface area contributed by atoms with Crippen LogP contribution in [0.5, 0.6) is 0 Å². The lowest BCUT2D eigenvalue weighted by Gasteiger charge is -2.10. The van der Waals surface area contributed by atoms with Crippen LogP contribution in [0, 0.1) is 0 Å². The minimum atomic E-state index is -4.52. The van der Waals surface area contributed by atoms with Gasteiger partial charge in [0.05, 0.1) is 16.6 Å². The van der Waals surface area contributed by atoms with Gasteiger partial charge in [-0.25, -0.2) is 4.98 Å². The summed E-state index contributed by atoms with van der Waals surface area (Å²) in [4.78, 5) is 19.9. The third-order valence-electron chi connectivity index (χ3n) is 4.19. The second-order valence-electron chi connectivity index (χ2n) is 6.14. The van der Waals surface area contributed by atoms with Crippen molar-refractivity contribution in [2.45, 2.75) is 13.1 Å². The Morgan fingerprint density at radius 1 is 1.17 bits per heavy atom. The summed E-state index contributed by atoms with van der Waals surface area (Å²) in [6, 6.07) is 10.0. The molecule has 0 aliphatic rings. The molecule has 0 aliphatic carbocycles. The van der Waals surface area contributed by atoms with Crippen molar-refractivity contribution in [2.75, 3.05) is 0 Å². The van der Waals surface area contributed by atoms with Crippen LogP contribution in [-0.4, -0.2) is 15.9 Å². The molecule has 29 heavy (non-hydrogen) atoms. The predicted octanol–water partition coefficient (Wildman–Crippen LogP) is 5.62. The molecular formula is C22H18F3N3O. The fourth-order valence-electron chi connectivity index (χ4n) is 2.84. The van der Waals surface area contributed by atoms with Gasteiger partial charge in [-0.2, -0.15) is 13.2 Å². The number of para-hydroxylation sites is 1. The molecule has 2 N–H and O–H groups in total. The minimum Gasteiger partial charge on any atom is -0.338 e. The number of amides is 1. The Hall–Kier alpha value is -3.61. The van der Waals surface area contributed by atoms with Gasteiger partial charge in [0.1, 0.15) is 11.3 Å². The van der Waals surface area contributed by atoms with Crippen molar-refractivity contribution < 1.29 is 18.0 Å². The standard InChI is InChI=1S/C22H18F3N3O/c1-3-5-9-14(4-2)26-21(29)16-11-8-13-18-19(16)28-20(27-18)15-10-6-7-12-17(15)22(23,24)25/h3-13H,2H2,1H3,(H,26,29)(H,27,28)/b5-3-,14-9+. The number of imidazole rings is 1. The van der Waals surface area contributed by atoms with E-state index in [-0.39, 0.29) is 22.5 Å². The van der Waals surface area contributed by atoms with E-state index < -0.39 is 17.6 Å². The quantitative estimate of drug-likeness (QED) is 0.549. The van der Waals surface area contributed by atoms with Crippen LogP contribution in [0.4, 0.5) is 13.2 Å². The van der Waals surface area contributed by atoms with Crippen LogP contribution in [0.2, 0.25) is 0 Å². The number of nitrogens with one attached hydrogen (secondary N) is 2. The first-order valence-corrected chi connectivity index (χ1v) is 8.77. The Balaban J connectivity index is 2.06. The minimum absolute atomic E-state index is 0.0431. The van der Waals surface area contributed by atoms with Gasteiger partial charge >= 0.3 is 6.18 Å². The van der Waals surface area contributed by atoms with Crippen LogP contribution in [-0.2, 0) is 6.18 Å². The van der Waals surface area contributed by atoms with Crippen molar-refractivity contribution in [3.05, 3.63) is 90.2 Å². The van der Waals surface area contributed by atoms with E-state index in [1.807, 2.05) is 6.92 Å². The zero-order chi connectivity index (χ0) is 21.0. The molecule has 3 rings (SSSR count). The second-order valence-corrected chi connectivity index (χ2v) is 6.14. The van der Waals surface area contributed by atoms with Crippen molar-refractivity contribution in [1.29, 1.82) is 0 Å². The van der Waals surface area contributed by atoms with Crippen molar-refractivity contribution in [2.24, 2.45) is 0 Å². The number of hydrogen-bond acceptors (Lipinski definition) is 2. The first-order chi connectivity index (χ1) is 13.8. The fourth-order valence-corrected chi connectivity index (χ4v) is 2.84. The average molecular weight is 397 g/mol. The molecule has 1 amide bonds. The highest BCUT2D eigenvalue weighted by atomic mass is 19.4. The van der Waals surface area contributed by atoms with Crippen LogP contribution in [0.25, 0.3) is 22.4 Å². The van der Waals surface area contributed by atoms with Gasteiger partial charge < -0.3 is 10.3 Å². The van der Waals surface area contributed by atoms with Gasteiger partial charge in [-0.05, 0) is 37.3 Å². The lowest BCUT2D eigenvalue weighted by Crippen LogP contribution is -2.22. The molecule has 0 saturated heterocycles. The number of carbonyl (C=O) groups excluding carboxylic acids is 1. The molecule has 3 aromatic rings. The summed E-state index contributed by atoms with van der Waals surface area (Å²) in [5.74, 6) is -0.394. The van der Waals surface area contributed by atoms with Gasteiger partial charge in [-0.3, -0.25) is 4.79 Å². The Morgan fingerprint density at radius 2 is 1.93 bits per heavy atom. The number of H-pyrrole nitrogens is 1. The second kappa shape index (κ2) is 8.18. The van der Waals surface area contributed by atoms with Crippen LogP contribution >= 0.6 is 0 Å². The highest BCUT2D eigenvalue weighted by molar-refractivity contribution is 6.06. The number of halogens is 3. The molecule has 0 unspecified atom stereocenters. The van der Waals surface area contributed by atoms with Gasteiger partial charge in [-0.15, -0.1) is 0 Å². The van der Waals surface area contributed by atoms with Crippen molar-refractivity contribution in [1.82, 2.24) is 15.3 Å². The third kappa shape index (κ3) is 4.29. The summed E-state index contributed by atoms with van der Waals surface area (Å²) in [5, 5.41) is 2.71. The molecule has 2 aromatic carbocycles. The van der Waals surface area contributed by atoms with E-state index in [2.05, 4.69) is 21.9 Å². The largest absolute Gasteiger partial charge is 0.417 e. The molecule has 0 atom stereocenters. The van der Waals surface area contributed by atoms with E-state index in [1.165, 1.54) is 24.3 Å². The summed E-state index contributed by atoms with van der Waals surface area (Å²) in [6.45, 7) is 5.49. The molecule has 0 fully saturated rings. The number of allylic oxidation sites excluding steroid dienone is 4. The number of alkyl halides is 3. The molecule has 1 aromatic heterocycles. The first-order valence-electron chi connectivity index (χ1n) is 8.77. The number of nitrogens with zero attached hydrogens (tertiary/aromatic N) is 1. The van der Waals surface area contributed by atoms with E-state index in [0.717, 1.165) is 6.07 Å². The average Bonchev–Trinajstić information content (AvgIpc) is 3.14. The maximum atomic E-state index is 13.4. The number of carbonyl (C=O) groups is 1. The number of benzene rings is 2. The Kier molecular flexibility index (Phi) is 5.68. The van der Waals surface area contributed by atoms with E-state index >= 15 is 0 Å². The highest BCUT2D eigenvalue weighted by Crippen LogP contribution is 2.36. The molecule has 0 spiro atoms. The lowest BCUT2D eigenvalue weighted by molar-refractivity contribution is -0.137. The molecule has 0 bridgehead atoms. The topological polar surface area (TPSA) is 57.8 Å². The molecule has 0 radical (unpaired) electrons. The molecule has 0 saturated carbocycles. The van der Waals surface area contributed by atoms with Gasteiger partial charge in [-0.1, -0.05) is 43.0 Å². The number of fused-ring (bicyclic) bond motifs is 1. The number of hydrogen-bond donors (Lipinski definition) is 2. The predicted molar refractivity (Wildman–Crippen MR) is 107 cm³/mol. The number of rotatable bonds is 5. The summed E-state index contributed by atoms with van der Waals surface area (Å²) >= 11 is 0. The monoisotopic (exact) mass is 397 g/mol. The Labute approximate surface area is 165 Å². The normalized spacial score (nSPS) is 12.5. The van der Waals surface area contributed by atoms with Gasteiger partial charge in [0.15, 0.2) is 0 Å². The van der Waals surface area contributed by atoms with Gasteiger partial charge in [0.25, 0.3) is 5.91 Å². The summed E-state index contributed by atoms with van der Waals surface area (Å²) in [7, 11) is 0. The molecule has 0 aliphatic heterocycles. The zero-order valence-electron chi connectivity index (χ0n) is 15.5. The third-order valence-corrected chi connectivity index (χ3v) is 4.19. The lowest BCUT2D eigenvalue weighted by atomic mass is 10.1. The van der Waals surface area contributed by atoms with Crippen molar-refractivity contribution in [3.8, 4) is 11.4 Å². The Bertz CT molecular complexity index is 1120. The summed E-state index contributed by atoms with van der Waals surface area (Å²) in [5.41, 5.74) is 0.593. The highest BCUT2D eigenvalue weighted by Gasteiger charge is 2.34. The SMILES string of the molecule is C=C/C(=C\C=C/C)NC(=O)c1cccc2[nH]c(-c3ccccc3C(F)(F)F)nc12. The molecule has 7 heteroatoms. The molecule has 1 heterocycles. The molecule has 148 valence electrons. The van der Waals surface area contributed by atoms with E-state index in [4.69, 9.17) is 0 Å². The van der Waals surface area contributed by atoms with E-state index in [9.17, 15) is 18.0 Å². The maximum absolute atomic E-state index is 13.4. The first kappa shape index (κ1) is 20.1. The van der Waals surface area contributed by atoms with Crippen LogP contribution in [0.15, 0.2) is 79.0 Å². The summed E-state index contributed by atoms with van der Waals surface area (Å²) < 4.78 is 40.1. The van der Waals surface area contributed by atoms with Crippen molar-refractivity contribution >= 4 is 16.9 Å². The van der Waals surface area contributed by atoms with Crippen LogP contribution < -0.4 is 5.32 Å². The van der Waals surface area contributed by atoms with Crippen molar-refractivity contribution in [3.63, 3.8) is 0 Å².